The Labute approximate surface area is 79.4 Å². The summed E-state index contributed by atoms with van der Waals surface area (Å²) in [5.74, 6) is 0.539. The van der Waals surface area contributed by atoms with Gasteiger partial charge in [0.15, 0.2) is 0 Å². The first-order valence-corrected chi connectivity index (χ1v) is 5.24. The molecule has 1 heterocycles. The van der Waals surface area contributed by atoms with Crippen LogP contribution in [-0.2, 0) is 0 Å². The van der Waals surface area contributed by atoms with Crippen molar-refractivity contribution >= 4 is 5.71 Å². The zero-order valence-electron chi connectivity index (χ0n) is 8.24. The van der Waals surface area contributed by atoms with Gasteiger partial charge in [0.25, 0.3) is 0 Å². The van der Waals surface area contributed by atoms with Gasteiger partial charge in [0.2, 0.25) is 0 Å². The molecule has 1 saturated carbocycles. The van der Waals surface area contributed by atoms with Crippen LogP contribution in [0.2, 0.25) is 0 Å². The minimum absolute atomic E-state index is 0.539. The summed E-state index contributed by atoms with van der Waals surface area (Å²) in [5.41, 5.74) is 1.04. The Morgan fingerprint density at radius 1 is 1.38 bits per heavy atom. The molecule has 1 N–H and O–H groups in total. The Hall–Kier alpha value is -0.570. The van der Waals surface area contributed by atoms with Gasteiger partial charge in [-0.2, -0.15) is 0 Å². The summed E-state index contributed by atoms with van der Waals surface area (Å²) in [6, 6.07) is 0.647. The van der Waals surface area contributed by atoms with Crippen molar-refractivity contribution < 1.29 is 5.21 Å². The van der Waals surface area contributed by atoms with Crippen LogP contribution in [0, 0.1) is 5.92 Å². The van der Waals surface area contributed by atoms with Gasteiger partial charge in [0, 0.05) is 24.9 Å². The average Bonchev–Trinajstić information content (AvgIpc) is 2.19. The zero-order chi connectivity index (χ0) is 9.26. The van der Waals surface area contributed by atoms with E-state index in [1.165, 1.54) is 25.7 Å². The lowest BCUT2D eigenvalue weighted by atomic mass is 9.77. The molecule has 74 valence electrons. The minimum atomic E-state index is 0.539. The van der Waals surface area contributed by atoms with E-state index in [0.29, 0.717) is 12.0 Å². The van der Waals surface area contributed by atoms with E-state index in [-0.39, 0.29) is 0 Å². The number of likely N-dealkylation sites (tertiary alicyclic amines) is 1. The topological polar surface area (TPSA) is 35.8 Å². The summed E-state index contributed by atoms with van der Waals surface area (Å²) in [6.45, 7) is 1.06. The zero-order valence-corrected chi connectivity index (χ0v) is 8.24. The summed E-state index contributed by atoms with van der Waals surface area (Å²) >= 11 is 0. The molecule has 2 fully saturated rings. The van der Waals surface area contributed by atoms with E-state index in [1.807, 2.05) is 0 Å². The number of fused-ring (bicyclic) bond motifs is 1. The molecule has 0 spiro atoms. The Balaban J connectivity index is 2.14. The Morgan fingerprint density at radius 2 is 2.15 bits per heavy atom. The van der Waals surface area contributed by atoms with Crippen molar-refractivity contribution in [2.75, 3.05) is 13.6 Å². The molecule has 1 aliphatic carbocycles. The van der Waals surface area contributed by atoms with Crippen LogP contribution in [0.1, 0.15) is 32.1 Å². The van der Waals surface area contributed by atoms with Crippen LogP contribution >= 0.6 is 0 Å². The quantitative estimate of drug-likeness (QED) is 0.457. The number of piperidine rings is 1. The van der Waals surface area contributed by atoms with Gasteiger partial charge in [-0.25, -0.2) is 0 Å². The summed E-state index contributed by atoms with van der Waals surface area (Å²) in [7, 11) is 2.19. The van der Waals surface area contributed by atoms with Crippen molar-refractivity contribution in [3.8, 4) is 0 Å². The second-order valence-electron chi connectivity index (χ2n) is 4.28. The standard InChI is InChI=1S/C10H18N2O/c1-12-7-6-9(11-13)8-4-2-3-5-10(8)12/h8,10,13H,2-7H2,1H3/b11-9-/t8-,10-/m1/s1. The van der Waals surface area contributed by atoms with Crippen LogP contribution in [0.4, 0.5) is 0 Å². The highest BCUT2D eigenvalue weighted by molar-refractivity contribution is 5.87. The maximum atomic E-state index is 8.89. The van der Waals surface area contributed by atoms with Crippen molar-refractivity contribution in [2.45, 2.75) is 38.1 Å². The van der Waals surface area contributed by atoms with Gasteiger partial charge in [-0.3, -0.25) is 0 Å². The largest absolute Gasteiger partial charge is 0.411 e. The van der Waals surface area contributed by atoms with Crippen LogP contribution in [0.5, 0.6) is 0 Å². The van der Waals surface area contributed by atoms with E-state index < -0.39 is 0 Å². The molecule has 2 atom stereocenters. The first-order valence-electron chi connectivity index (χ1n) is 5.24. The normalized spacial score (nSPS) is 39.0. The second kappa shape index (κ2) is 3.66. The fourth-order valence-electron chi connectivity index (χ4n) is 2.79. The Kier molecular flexibility index (Phi) is 2.54. The molecule has 0 aromatic rings. The molecule has 1 aliphatic heterocycles. The third-order valence-electron chi connectivity index (χ3n) is 3.57. The molecule has 0 unspecified atom stereocenters. The lowest BCUT2D eigenvalue weighted by Crippen LogP contribution is -2.48. The summed E-state index contributed by atoms with van der Waals surface area (Å²) in [6.07, 6.45) is 6.08. The fourth-order valence-corrected chi connectivity index (χ4v) is 2.79. The molecule has 0 aromatic heterocycles. The predicted octanol–water partition coefficient (Wildman–Crippen LogP) is 1.71. The molecule has 13 heavy (non-hydrogen) atoms. The minimum Gasteiger partial charge on any atom is -0.411 e. The van der Waals surface area contributed by atoms with E-state index in [1.54, 1.807) is 0 Å². The Morgan fingerprint density at radius 3 is 2.92 bits per heavy atom. The van der Waals surface area contributed by atoms with Crippen LogP contribution in [0.25, 0.3) is 0 Å². The lowest BCUT2D eigenvalue weighted by molar-refractivity contribution is 0.143. The molecular weight excluding hydrogens is 164 g/mol. The highest BCUT2D eigenvalue weighted by Crippen LogP contribution is 2.32. The molecule has 2 rings (SSSR count). The van der Waals surface area contributed by atoms with Gasteiger partial charge in [-0.15, -0.1) is 0 Å². The van der Waals surface area contributed by atoms with E-state index in [4.69, 9.17) is 5.21 Å². The molecule has 0 radical (unpaired) electrons. The first-order chi connectivity index (χ1) is 6.33. The lowest BCUT2D eigenvalue weighted by Gasteiger charge is -2.42. The van der Waals surface area contributed by atoms with E-state index in [2.05, 4.69) is 17.1 Å². The highest BCUT2D eigenvalue weighted by Gasteiger charge is 2.35. The van der Waals surface area contributed by atoms with E-state index >= 15 is 0 Å². The number of oxime groups is 1. The van der Waals surface area contributed by atoms with Crippen molar-refractivity contribution in [2.24, 2.45) is 11.1 Å². The van der Waals surface area contributed by atoms with Gasteiger partial charge in [-0.05, 0) is 19.9 Å². The van der Waals surface area contributed by atoms with Gasteiger partial charge in [0.05, 0.1) is 5.71 Å². The third kappa shape index (κ3) is 1.57. The van der Waals surface area contributed by atoms with Crippen molar-refractivity contribution in [1.29, 1.82) is 0 Å². The van der Waals surface area contributed by atoms with Crippen molar-refractivity contribution in [1.82, 2.24) is 4.90 Å². The predicted molar refractivity (Wildman–Crippen MR) is 52.2 cm³/mol. The molecule has 1 saturated heterocycles. The SMILES string of the molecule is CN1CC/C(=N/O)[C@H]2CCCC[C@H]21. The van der Waals surface area contributed by atoms with Crippen molar-refractivity contribution in [3.63, 3.8) is 0 Å². The van der Waals surface area contributed by atoms with Gasteiger partial charge in [0.1, 0.15) is 0 Å². The second-order valence-corrected chi connectivity index (χ2v) is 4.28. The molecule has 3 heteroatoms. The van der Waals surface area contributed by atoms with Crippen LogP contribution in [-0.4, -0.2) is 35.5 Å². The van der Waals surface area contributed by atoms with Gasteiger partial charge >= 0.3 is 0 Å². The first kappa shape index (κ1) is 9.00. The van der Waals surface area contributed by atoms with Crippen LogP contribution in [0.3, 0.4) is 0 Å². The molecular formula is C10H18N2O. The number of hydrogen-bond acceptors (Lipinski definition) is 3. The third-order valence-corrected chi connectivity index (χ3v) is 3.57. The molecule has 0 bridgehead atoms. The van der Waals surface area contributed by atoms with Crippen LogP contribution in [0.15, 0.2) is 5.16 Å². The number of hydrogen-bond donors (Lipinski definition) is 1. The highest BCUT2D eigenvalue weighted by atomic mass is 16.4. The average molecular weight is 182 g/mol. The fraction of sp³-hybridized carbons (Fsp3) is 0.900. The molecule has 0 aromatic carbocycles. The van der Waals surface area contributed by atoms with Crippen LogP contribution < -0.4 is 0 Å². The maximum Gasteiger partial charge on any atom is 0.0629 e. The molecule has 3 nitrogen and oxygen atoms in total. The van der Waals surface area contributed by atoms with Gasteiger partial charge < -0.3 is 10.1 Å². The van der Waals surface area contributed by atoms with E-state index in [0.717, 1.165) is 18.7 Å². The molecule has 0 amide bonds. The number of nitrogens with zero attached hydrogens (tertiary/aromatic N) is 2. The monoisotopic (exact) mass is 182 g/mol. The summed E-state index contributed by atoms with van der Waals surface area (Å²) in [4.78, 5) is 2.43. The smallest absolute Gasteiger partial charge is 0.0629 e. The summed E-state index contributed by atoms with van der Waals surface area (Å²) < 4.78 is 0. The van der Waals surface area contributed by atoms with Crippen molar-refractivity contribution in [3.05, 3.63) is 0 Å². The Bertz CT molecular complexity index is 215. The summed E-state index contributed by atoms with van der Waals surface area (Å²) in [5, 5.41) is 12.3. The maximum absolute atomic E-state index is 8.89. The number of rotatable bonds is 0. The van der Waals surface area contributed by atoms with E-state index in [9.17, 15) is 0 Å². The van der Waals surface area contributed by atoms with Gasteiger partial charge in [-0.1, -0.05) is 18.0 Å². The molecule has 2 aliphatic rings.